The van der Waals surface area contributed by atoms with Crippen molar-refractivity contribution in [1.29, 1.82) is 5.41 Å². The van der Waals surface area contributed by atoms with Gasteiger partial charge in [0.1, 0.15) is 5.84 Å². The summed E-state index contributed by atoms with van der Waals surface area (Å²) in [5.41, 5.74) is 2.65. The van der Waals surface area contributed by atoms with Crippen LogP contribution in [-0.2, 0) is 4.79 Å². The number of nitrogens with one attached hydrogen (secondary N) is 3. The Balaban J connectivity index is 2.03. The Kier molecular flexibility index (Phi) is 7.27. The molecular weight excluding hydrogens is 242 g/mol. The van der Waals surface area contributed by atoms with Gasteiger partial charge in [0, 0.05) is 18.5 Å². The van der Waals surface area contributed by atoms with Crippen molar-refractivity contribution >= 4 is 17.4 Å². The van der Waals surface area contributed by atoms with Gasteiger partial charge in [-0.05, 0) is 25.0 Å². The molecule has 4 N–H and O–H groups in total. The van der Waals surface area contributed by atoms with Crippen molar-refractivity contribution in [2.45, 2.75) is 38.5 Å². The number of hydrogen-bond donors (Lipinski definition) is 4. The minimum absolute atomic E-state index is 0.0379. The van der Waals surface area contributed by atoms with Crippen LogP contribution in [0.15, 0.2) is 30.3 Å². The zero-order valence-corrected chi connectivity index (χ0v) is 11.0. The third kappa shape index (κ3) is 7.21. The lowest BCUT2D eigenvalue weighted by Gasteiger charge is -2.05. The number of unbranched alkanes of at least 4 members (excludes halogenated alkanes) is 3. The number of anilines is 1. The van der Waals surface area contributed by atoms with E-state index < -0.39 is 0 Å². The van der Waals surface area contributed by atoms with Gasteiger partial charge in [-0.1, -0.05) is 31.0 Å². The Morgan fingerprint density at radius 3 is 2.32 bits per heavy atom. The Morgan fingerprint density at radius 1 is 1.05 bits per heavy atom. The molecule has 19 heavy (non-hydrogen) atoms. The van der Waals surface area contributed by atoms with Gasteiger partial charge in [-0.15, -0.1) is 0 Å². The van der Waals surface area contributed by atoms with Gasteiger partial charge in [-0.3, -0.25) is 20.9 Å². The van der Waals surface area contributed by atoms with Crippen LogP contribution in [0, 0.1) is 5.41 Å². The summed E-state index contributed by atoms with van der Waals surface area (Å²) in [6.07, 6.45) is 4.69. The molecule has 1 aromatic carbocycles. The summed E-state index contributed by atoms with van der Waals surface area (Å²) in [6, 6.07) is 9.42. The van der Waals surface area contributed by atoms with Crippen molar-refractivity contribution in [1.82, 2.24) is 5.48 Å². The zero-order valence-electron chi connectivity index (χ0n) is 11.0. The highest BCUT2D eigenvalue weighted by Gasteiger charge is 2.01. The van der Waals surface area contributed by atoms with Gasteiger partial charge < -0.3 is 5.32 Å². The molecule has 0 unspecified atom stereocenters. The topological polar surface area (TPSA) is 85.2 Å². The van der Waals surface area contributed by atoms with Crippen molar-refractivity contribution in [3.05, 3.63) is 30.3 Å². The molecule has 0 aliphatic heterocycles. The van der Waals surface area contributed by atoms with E-state index in [4.69, 9.17) is 10.6 Å². The fourth-order valence-electron chi connectivity index (χ4n) is 1.74. The molecule has 104 valence electrons. The van der Waals surface area contributed by atoms with Crippen LogP contribution in [0.25, 0.3) is 0 Å². The van der Waals surface area contributed by atoms with E-state index in [1.54, 1.807) is 0 Å². The first-order chi connectivity index (χ1) is 9.22. The van der Waals surface area contributed by atoms with E-state index in [2.05, 4.69) is 5.32 Å². The minimum atomic E-state index is 0.0379. The lowest BCUT2D eigenvalue weighted by molar-refractivity contribution is -0.116. The maximum atomic E-state index is 11.6. The summed E-state index contributed by atoms with van der Waals surface area (Å²) < 4.78 is 0. The van der Waals surface area contributed by atoms with Gasteiger partial charge in [0.2, 0.25) is 5.91 Å². The summed E-state index contributed by atoms with van der Waals surface area (Å²) >= 11 is 0. The Labute approximate surface area is 113 Å². The monoisotopic (exact) mass is 263 g/mol. The number of benzene rings is 1. The second kappa shape index (κ2) is 9.10. The molecule has 5 heteroatoms. The molecule has 0 aliphatic carbocycles. The Morgan fingerprint density at radius 2 is 1.68 bits per heavy atom. The van der Waals surface area contributed by atoms with Gasteiger partial charge in [0.15, 0.2) is 0 Å². The summed E-state index contributed by atoms with van der Waals surface area (Å²) in [6.45, 7) is 0. The van der Waals surface area contributed by atoms with Crippen LogP contribution >= 0.6 is 0 Å². The highest BCUT2D eigenvalue weighted by Crippen LogP contribution is 2.09. The first kappa shape index (κ1) is 15.2. The van der Waals surface area contributed by atoms with Crippen LogP contribution in [0.1, 0.15) is 38.5 Å². The largest absolute Gasteiger partial charge is 0.326 e. The average molecular weight is 263 g/mol. The number of rotatable bonds is 8. The summed E-state index contributed by atoms with van der Waals surface area (Å²) in [4.78, 5) is 11.6. The summed E-state index contributed by atoms with van der Waals surface area (Å²) in [5.74, 6) is 0.179. The molecule has 5 nitrogen and oxygen atoms in total. The predicted molar refractivity (Wildman–Crippen MR) is 75.4 cm³/mol. The smallest absolute Gasteiger partial charge is 0.224 e. The van der Waals surface area contributed by atoms with Crippen LogP contribution in [0.5, 0.6) is 0 Å². The van der Waals surface area contributed by atoms with E-state index in [-0.39, 0.29) is 11.7 Å². The SMILES string of the molecule is N=C(CCCCCCC(=O)Nc1ccccc1)NO. The number of carbonyl (C=O) groups excluding carboxylic acids is 1. The van der Waals surface area contributed by atoms with Crippen LogP contribution < -0.4 is 10.8 Å². The third-order valence-corrected chi connectivity index (χ3v) is 2.77. The van der Waals surface area contributed by atoms with E-state index in [0.29, 0.717) is 12.8 Å². The lowest BCUT2D eigenvalue weighted by atomic mass is 10.1. The molecule has 1 amide bonds. The molecule has 0 fully saturated rings. The first-order valence-electron chi connectivity index (χ1n) is 6.55. The molecule has 1 aromatic rings. The Bertz CT molecular complexity index is 393. The van der Waals surface area contributed by atoms with Crippen LogP contribution in [0.4, 0.5) is 5.69 Å². The van der Waals surface area contributed by atoms with Crippen molar-refractivity contribution in [3.8, 4) is 0 Å². The maximum Gasteiger partial charge on any atom is 0.224 e. The third-order valence-electron chi connectivity index (χ3n) is 2.77. The second-order valence-electron chi connectivity index (χ2n) is 4.42. The second-order valence-corrected chi connectivity index (χ2v) is 4.42. The fraction of sp³-hybridized carbons (Fsp3) is 0.429. The van der Waals surface area contributed by atoms with Crippen molar-refractivity contribution < 1.29 is 10.0 Å². The number of carbonyl (C=O) groups is 1. The van der Waals surface area contributed by atoms with Gasteiger partial charge in [-0.25, -0.2) is 0 Å². The van der Waals surface area contributed by atoms with Gasteiger partial charge in [-0.2, -0.15) is 0 Å². The van der Waals surface area contributed by atoms with Crippen LogP contribution in [0.3, 0.4) is 0 Å². The van der Waals surface area contributed by atoms with E-state index in [1.807, 2.05) is 35.8 Å². The molecule has 0 aromatic heterocycles. The predicted octanol–water partition coefficient (Wildman–Crippen LogP) is 2.92. The highest BCUT2D eigenvalue weighted by atomic mass is 16.5. The first-order valence-corrected chi connectivity index (χ1v) is 6.55. The van der Waals surface area contributed by atoms with Gasteiger partial charge in [0.25, 0.3) is 0 Å². The summed E-state index contributed by atoms with van der Waals surface area (Å²) in [7, 11) is 0. The number of para-hydroxylation sites is 1. The molecular formula is C14H21N3O2. The van der Waals surface area contributed by atoms with E-state index in [0.717, 1.165) is 31.4 Å². The van der Waals surface area contributed by atoms with Gasteiger partial charge in [0.05, 0.1) is 0 Å². The normalized spacial score (nSPS) is 9.95. The fourth-order valence-corrected chi connectivity index (χ4v) is 1.74. The zero-order chi connectivity index (χ0) is 13.9. The molecule has 0 saturated heterocycles. The Hall–Kier alpha value is -1.88. The van der Waals surface area contributed by atoms with E-state index in [1.165, 1.54) is 0 Å². The molecule has 0 heterocycles. The molecule has 0 aliphatic rings. The number of amides is 1. The molecule has 0 spiro atoms. The molecule has 0 bridgehead atoms. The summed E-state index contributed by atoms with van der Waals surface area (Å²) in [5, 5.41) is 18.5. The highest BCUT2D eigenvalue weighted by molar-refractivity contribution is 5.90. The lowest BCUT2D eigenvalue weighted by Crippen LogP contribution is -2.16. The van der Waals surface area contributed by atoms with Crippen molar-refractivity contribution in [2.24, 2.45) is 0 Å². The minimum Gasteiger partial charge on any atom is -0.326 e. The molecule has 0 atom stereocenters. The quantitative estimate of drug-likeness (QED) is 0.252. The molecule has 0 saturated carbocycles. The van der Waals surface area contributed by atoms with E-state index >= 15 is 0 Å². The standard InChI is InChI=1S/C14H21N3O2/c15-13(17-19)10-6-1-2-7-11-14(18)16-12-8-4-3-5-9-12/h3-5,8-9,19H,1-2,6-7,10-11H2,(H2,15,17)(H,16,18). The average Bonchev–Trinajstić information content (AvgIpc) is 2.43. The number of hydroxylamine groups is 1. The maximum absolute atomic E-state index is 11.6. The number of amidine groups is 1. The van der Waals surface area contributed by atoms with Crippen LogP contribution in [0.2, 0.25) is 0 Å². The molecule has 1 rings (SSSR count). The molecule has 0 radical (unpaired) electrons. The van der Waals surface area contributed by atoms with Crippen LogP contribution in [-0.4, -0.2) is 17.0 Å². The number of hydrogen-bond acceptors (Lipinski definition) is 3. The van der Waals surface area contributed by atoms with E-state index in [9.17, 15) is 4.79 Å². The van der Waals surface area contributed by atoms with Gasteiger partial charge >= 0.3 is 0 Å². The van der Waals surface area contributed by atoms with Crippen molar-refractivity contribution in [2.75, 3.05) is 5.32 Å². The van der Waals surface area contributed by atoms with Crippen molar-refractivity contribution in [3.63, 3.8) is 0 Å².